The Balaban J connectivity index is 1.97. The van der Waals surface area contributed by atoms with E-state index in [4.69, 9.17) is 10.8 Å². The maximum absolute atomic E-state index is 14.9. The van der Waals surface area contributed by atoms with Crippen molar-refractivity contribution in [2.75, 3.05) is 18.0 Å². The van der Waals surface area contributed by atoms with Gasteiger partial charge < -0.3 is 20.5 Å². The number of rotatable bonds is 3. The Labute approximate surface area is 148 Å². The van der Waals surface area contributed by atoms with Crippen molar-refractivity contribution >= 4 is 17.4 Å². The van der Waals surface area contributed by atoms with Crippen LogP contribution in [0.1, 0.15) is 36.3 Å². The normalized spacial score (nSPS) is 20.0. The van der Waals surface area contributed by atoms with Crippen molar-refractivity contribution in [3.8, 4) is 5.75 Å². The van der Waals surface area contributed by atoms with Gasteiger partial charge in [0.1, 0.15) is 0 Å². The third kappa shape index (κ3) is 2.70. The molecule has 26 heavy (non-hydrogen) atoms. The number of nitrogens with two attached hydrogens (primary N) is 1. The molecule has 0 spiro atoms. The molecule has 1 aliphatic carbocycles. The molecule has 7 nitrogen and oxygen atoms in total. The molecule has 0 aromatic carbocycles. The van der Waals surface area contributed by atoms with Crippen LogP contribution in [-0.2, 0) is 0 Å². The molecule has 1 aliphatic heterocycles. The summed E-state index contributed by atoms with van der Waals surface area (Å²) in [5, 5.41) is 8.87. The van der Waals surface area contributed by atoms with Gasteiger partial charge in [0.15, 0.2) is 11.6 Å². The fraction of sp³-hybridized carbons (Fsp3) is 0.444. The number of halogens is 1. The van der Waals surface area contributed by atoms with Crippen molar-refractivity contribution in [1.29, 1.82) is 0 Å². The molecule has 1 unspecified atom stereocenters. The molecule has 2 aromatic heterocycles. The summed E-state index contributed by atoms with van der Waals surface area (Å²) in [6.45, 7) is 3.02. The highest BCUT2D eigenvalue weighted by atomic mass is 19.1. The van der Waals surface area contributed by atoms with Crippen molar-refractivity contribution in [1.82, 2.24) is 4.40 Å². The molecule has 3 N–H and O–H groups in total. The minimum absolute atomic E-state index is 0.00136. The molecular weight excluding hydrogens is 341 g/mol. The smallest absolute Gasteiger partial charge is 0.449 e. The van der Waals surface area contributed by atoms with Crippen molar-refractivity contribution in [2.24, 2.45) is 5.73 Å². The number of pyridine rings is 2. The Bertz CT molecular complexity index is 967. The lowest BCUT2D eigenvalue weighted by molar-refractivity contribution is 0.143. The molecule has 2 aromatic rings. The molecule has 0 amide bonds. The summed E-state index contributed by atoms with van der Waals surface area (Å²) in [7, 11) is 0. The van der Waals surface area contributed by atoms with Crippen LogP contribution < -0.4 is 20.9 Å². The predicted octanol–water partition coefficient (Wildman–Crippen LogP) is 2.22. The molecule has 1 saturated heterocycles. The lowest BCUT2D eigenvalue weighted by Crippen LogP contribution is -2.28. The summed E-state index contributed by atoms with van der Waals surface area (Å²) in [5.74, 6) is -0.605. The third-order valence-corrected chi connectivity index (χ3v) is 5.16. The van der Waals surface area contributed by atoms with Gasteiger partial charge in [0.05, 0.1) is 17.4 Å². The van der Waals surface area contributed by atoms with Crippen LogP contribution in [0.15, 0.2) is 17.1 Å². The molecule has 8 heteroatoms. The van der Waals surface area contributed by atoms with E-state index < -0.39 is 17.5 Å². The Kier molecular flexibility index (Phi) is 3.87. The minimum Gasteiger partial charge on any atom is -0.449 e. The van der Waals surface area contributed by atoms with Crippen LogP contribution in [0.4, 0.5) is 14.9 Å². The van der Waals surface area contributed by atoms with Gasteiger partial charge >= 0.3 is 6.16 Å². The topological polar surface area (TPSA) is 97.3 Å². The highest BCUT2D eigenvalue weighted by molar-refractivity contribution is 5.74. The first-order valence-electron chi connectivity index (χ1n) is 8.66. The number of aryl methyl sites for hydroxylation is 1. The zero-order valence-corrected chi connectivity index (χ0v) is 14.4. The number of aromatic nitrogens is 1. The maximum atomic E-state index is 14.9. The van der Waals surface area contributed by atoms with Crippen molar-refractivity contribution in [3.05, 3.63) is 39.6 Å². The largest absolute Gasteiger partial charge is 0.511 e. The van der Waals surface area contributed by atoms with E-state index in [9.17, 15) is 14.0 Å². The van der Waals surface area contributed by atoms with Gasteiger partial charge in [0, 0.05) is 19.1 Å². The van der Waals surface area contributed by atoms with Crippen LogP contribution in [0.2, 0.25) is 0 Å². The number of hydrogen-bond donors (Lipinski definition) is 2. The van der Waals surface area contributed by atoms with E-state index in [0.29, 0.717) is 29.9 Å². The second-order valence-electron chi connectivity index (χ2n) is 7.08. The van der Waals surface area contributed by atoms with Crippen LogP contribution in [0, 0.1) is 12.7 Å². The first-order chi connectivity index (χ1) is 12.4. The lowest BCUT2D eigenvalue weighted by Gasteiger charge is -2.24. The predicted molar refractivity (Wildman–Crippen MR) is 93.8 cm³/mol. The first-order valence-corrected chi connectivity index (χ1v) is 8.66. The standard InChI is InChI=1S/C18H20FN3O4/c1-9-15-12(10-2-3-10)6-14(26-18(24)25)17(23)22(15)8-13(19)16(9)21-5-4-11(20)7-21/h6,8,10-11H,2-5,7,20H2,1H3,(H,24,25). The number of anilines is 1. The summed E-state index contributed by atoms with van der Waals surface area (Å²) in [6.07, 6.45) is 2.24. The second kappa shape index (κ2) is 5.98. The average molecular weight is 361 g/mol. The molecule has 2 aliphatic rings. The Morgan fingerprint density at radius 2 is 2.12 bits per heavy atom. The second-order valence-corrected chi connectivity index (χ2v) is 7.08. The number of fused-ring (bicyclic) bond motifs is 1. The number of nitrogens with zero attached hydrogens (tertiary/aromatic N) is 2. The minimum atomic E-state index is -1.57. The quantitative estimate of drug-likeness (QED) is 0.814. The molecule has 1 saturated carbocycles. The Morgan fingerprint density at radius 1 is 1.38 bits per heavy atom. The van der Waals surface area contributed by atoms with Crippen LogP contribution in [-0.4, -0.2) is 34.8 Å². The SMILES string of the molecule is Cc1c(N2CCC(N)C2)c(F)cn2c(=O)c(OC(=O)O)cc(C3CC3)c12. The van der Waals surface area contributed by atoms with E-state index in [1.807, 2.05) is 4.90 Å². The number of carboxylic acid groups (broad SMARTS) is 1. The molecule has 4 rings (SSSR count). The number of hydrogen-bond acceptors (Lipinski definition) is 5. The summed E-state index contributed by atoms with van der Waals surface area (Å²) in [5.41, 5.74) is 7.86. The van der Waals surface area contributed by atoms with Gasteiger partial charge in [-0.2, -0.15) is 0 Å². The average Bonchev–Trinajstić information content (AvgIpc) is 3.32. The molecule has 3 heterocycles. The highest BCUT2D eigenvalue weighted by Crippen LogP contribution is 2.44. The lowest BCUT2D eigenvalue weighted by atomic mass is 10.0. The van der Waals surface area contributed by atoms with E-state index >= 15 is 0 Å². The van der Waals surface area contributed by atoms with Crippen LogP contribution in [0.5, 0.6) is 5.75 Å². The van der Waals surface area contributed by atoms with Gasteiger partial charge in [-0.25, -0.2) is 9.18 Å². The van der Waals surface area contributed by atoms with Crippen molar-refractivity contribution in [2.45, 2.75) is 38.1 Å². The third-order valence-electron chi connectivity index (χ3n) is 5.16. The molecule has 0 bridgehead atoms. The fourth-order valence-electron chi connectivity index (χ4n) is 3.87. The molecule has 2 fully saturated rings. The summed E-state index contributed by atoms with van der Waals surface area (Å²) >= 11 is 0. The number of carbonyl (C=O) groups is 1. The van der Waals surface area contributed by atoms with Gasteiger partial charge in [-0.1, -0.05) is 0 Å². The van der Waals surface area contributed by atoms with Crippen LogP contribution >= 0.6 is 0 Å². The molecule has 0 radical (unpaired) electrons. The van der Waals surface area contributed by atoms with Gasteiger partial charge in [-0.05, 0) is 49.3 Å². The summed E-state index contributed by atoms with van der Waals surface area (Å²) < 4.78 is 20.7. The summed E-state index contributed by atoms with van der Waals surface area (Å²) in [4.78, 5) is 25.4. The number of ether oxygens (including phenoxy) is 1. The van der Waals surface area contributed by atoms with Crippen molar-refractivity contribution in [3.63, 3.8) is 0 Å². The monoisotopic (exact) mass is 361 g/mol. The highest BCUT2D eigenvalue weighted by Gasteiger charge is 2.31. The molecular formula is C18H20FN3O4. The zero-order chi connectivity index (χ0) is 18.6. The Hall–Kier alpha value is -2.61. The van der Waals surface area contributed by atoms with Gasteiger partial charge in [-0.3, -0.25) is 9.20 Å². The van der Waals surface area contributed by atoms with Gasteiger partial charge in [0.25, 0.3) is 5.56 Å². The zero-order valence-electron chi connectivity index (χ0n) is 14.4. The van der Waals surface area contributed by atoms with E-state index in [1.54, 1.807) is 6.92 Å². The van der Waals surface area contributed by atoms with E-state index in [0.717, 1.165) is 31.0 Å². The van der Waals surface area contributed by atoms with E-state index in [1.165, 1.54) is 10.5 Å². The van der Waals surface area contributed by atoms with E-state index in [-0.39, 0.29) is 17.7 Å². The molecule has 138 valence electrons. The van der Waals surface area contributed by atoms with Crippen LogP contribution in [0.25, 0.3) is 5.52 Å². The maximum Gasteiger partial charge on any atom is 0.511 e. The Morgan fingerprint density at radius 3 is 2.69 bits per heavy atom. The molecule has 1 atom stereocenters. The first kappa shape index (κ1) is 16.8. The van der Waals surface area contributed by atoms with Gasteiger partial charge in [-0.15, -0.1) is 0 Å². The van der Waals surface area contributed by atoms with Crippen molar-refractivity contribution < 1.29 is 19.0 Å². The van der Waals surface area contributed by atoms with E-state index in [2.05, 4.69) is 4.74 Å². The van der Waals surface area contributed by atoms with Gasteiger partial charge in [0.2, 0.25) is 0 Å². The summed E-state index contributed by atoms with van der Waals surface area (Å²) in [6, 6.07) is 1.50. The fourth-order valence-corrected chi connectivity index (χ4v) is 3.87. The van der Waals surface area contributed by atoms with Crippen LogP contribution in [0.3, 0.4) is 0 Å².